The summed E-state index contributed by atoms with van der Waals surface area (Å²) in [4.78, 5) is 38.7. The molecule has 2 aromatic rings. The maximum absolute atomic E-state index is 13.6. The Morgan fingerprint density at radius 1 is 1.16 bits per heavy atom. The lowest BCUT2D eigenvalue weighted by Crippen LogP contribution is -2.53. The van der Waals surface area contributed by atoms with Crippen molar-refractivity contribution < 1.29 is 27.3 Å². The zero-order chi connectivity index (χ0) is 27.2. The van der Waals surface area contributed by atoms with Gasteiger partial charge in [0.1, 0.15) is 18.4 Å². The minimum Gasteiger partial charge on any atom is -0.352 e. The minimum atomic E-state index is -4.03. The first-order valence-corrected chi connectivity index (χ1v) is 13.9. The number of halogens is 1. The van der Waals surface area contributed by atoms with Gasteiger partial charge < -0.3 is 10.2 Å². The molecular formula is C25H31FN4O6S. The highest BCUT2D eigenvalue weighted by Crippen LogP contribution is 2.24. The molecule has 0 saturated heterocycles. The van der Waals surface area contributed by atoms with E-state index in [1.54, 1.807) is 6.92 Å². The van der Waals surface area contributed by atoms with Crippen molar-refractivity contribution in [2.45, 2.75) is 57.7 Å². The number of nitro benzene ring substituents is 1. The molecule has 3 rings (SSSR count). The van der Waals surface area contributed by atoms with Crippen molar-refractivity contribution in [2.75, 3.05) is 17.1 Å². The molecule has 10 nitrogen and oxygen atoms in total. The number of non-ortho nitro benzene ring substituents is 1. The zero-order valence-corrected chi connectivity index (χ0v) is 21.6. The third kappa shape index (κ3) is 7.48. The van der Waals surface area contributed by atoms with Crippen LogP contribution >= 0.6 is 0 Å². The van der Waals surface area contributed by atoms with E-state index in [0.717, 1.165) is 42.3 Å². The predicted octanol–water partition coefficient (Wildman–Crippen LogP) is 3.37. The van der Waals surface area contributed by atoms with E-state index in [2.05, 4.69) is 5.32 Å². The second kappa shape index (κ2) is 12.1. The van der Waals surface area contributed by atoms with Gasteiger partial charge in [0.15, 0.2) is 0 Å². The number of amides is 2. The number of carbonyl (C=O) groups is 2. The number of nitrogens with zero attached hydrogens (tertiary/aromatic N) is 3. The van der Waals surface area contributed by atoms with Crippen LogP contribution in [0.5, 0.6) is 0 Å². The quantitative estimate of drug-likeness (QED) is 0.348. The van der Waals surface area contributed by atoms with E-state index < -0.39 is 39.3 Å². The Bertz CT molecular complexity index is 1230. The maximum Gasteiger partial charge on any atom is 0.271 e. The van der Waals surface area contributed by atoms with Crippen molar-refractivity contribution in [3.63, 3.8) is 0 Å². The molecule has 2 amide bonds. The van der Waals surface area contributed by atoms with Gasteiger partial charge in [-0.1, -0.05) is 38.0 Å². The molecule has 1 atom stereocenters. The Balaban J connectivity index is 1.94. The summed E-state index contributed by atoms with van der Waals surface area (Å²) < 4.78 is 39.5. The summed E-state index contributed by atoms with van der Waals surface area (Å²) in [6, 6.07) is 9.55. The summed E-state index contributed by atoms with van der Waals surface area (Å²) in [5.74, 6) is -1.47. The standard InChI is InChI=1S/C25H31FN4O6S/c1-3-23(25(32)27-20-7-4-5-8-20)28(16-18-11-13-19(26)14-12-18)24(31)17-29(37(2,35)36)21-9-6-10-22(15-21)30(33)34/h6,9-15,20,23H,3-5,7-8,16-17H2,1-2H3,(H,27,32). The van der Waals surface area contributed by atoms with E-state index in [-0.39, 0.29) is 36.3 Å². The highest BCUT2D eigenvalue weighted by molar-refractivity contribution is 7.92. The molecule has 0 aromatic heterocycles. The summed E-state index contributed by atoms with van der Waals surface area (Å²) in [6.07, 6.45) is 4.87. The van der Waals surface area contributed by atoms with Crippen LogP contribution in [0.15, 0.2) is 48.5 Å². The molecule has 2 aromatic carbocycles. The highest BCUT2D eigenvalue weighted by atomic mass is 32.2. The lowest BCUT2D eigenvalue weighted by atomic mass is 10.1. The Morgan fingerprint density at radius 2 is 1.81 bits per heavy atom. The van der Waals surface area contributed by atoms with Gasteiger partial charge >= 0.3 is 0 Å². The summed E-state index contributed by atoms with van der Waals surface area (Å²) in [5, 5.41) is 14.2. The van der Waals surface area contributed by atoms with Crippen LogP contribution in [0.1, 0.15) is 44.6 Å². The third-order valence-corrected chi connectivity index (χ3v) is 7.50. The average Bonchev–Trinajstić information content (AvgIpc) is 3.35. The topological polar surface area (TPSA) is 130 Å². The van der Waals surface area contributed by atoms with Crippen molar-refractivity contribution in [3.8, 4) is 0 Å². The number of benzene rings is 2. The number of nitro groups is 1. The van der Waals surface area contributed by atoms with Crippen LogP contribution in [0.2, 0.25) is 0 Å². The number of sulfonamides is 1. The smallest absolute Gasteiger partial charge is 0.271 e. The molecule has 12 heteroatoms. The number of hydrogen-bond acceptors (Lipinski definition) is 6. The van der Waals surface area contributed by atoms with Crippen LogP contribution < -0.4 is 9.62 Å². The van der Waals surface area contributed by atoms with Gasteiger partial charge in [-0.2, -0.15) is 0 Å². The molecule has 0 spiro atoms. The molecule has 200 valence electrons. The van der Waals surface area contributed by atoms with Crippen molar-refractivity contribution in [3.05, 3.63) is 70.0 Å². The van der Waals surface area contributed by atoms with Gasteiger partial charge in [0.2, 0.25) is 21.8 Å². The van der Waals surface area contributed by atoms with E-state index in [0.29, 0.717) is 5.56 Å². The maximum atomic E-state index is 13.6. The Hall–Kier alpha value is -3.54. The lowest BCUT2D eigenvalue weighted by Gasteiger charge is -2.33. The normalized spacial score (nSPS) is 14.7. The molecule has 0 heterocycles. The molecule has 1 aliphatic carbocycles. The van der Waals surface area contributed by atoms with Crippen LogP contribution in [0.4, 0.5) is 15.8 Å². The number of nitrogens with one attached hydrogen (secondary N) is 1. The van der Waals surface area contributed by atoms with Gasteiger partial charge in [-0.15, -0.1) is 0 Å². The van der Waals surface area contributed by atoms with E-state index in [4.69, 9.17) is 0 Å². The molecule has 37 heavy (non-hydrogen) atoms. The summed E-state index contributed by atoms with van der Waals surface area (Å²) in [6.45, 7) is 1.02. The third-order valence-electron chi connectivity index (χ3n) is 6.36. The zero-order valence-electron chi connectivity index (χ0n) is 20.8. The Kier molecular flexibility index (Phi) is 9.19. The molecular weight excluding hydrogens is 503 g/mol. The van der Waals surface area contributed by atoms with Crippen molar-refractivity contribution in [2.24, 2.45) is 0 Å². The molecule has 1 N–H and O–H groups in total. The molecule has 0 bridgehead atoms. The van der Waals surface area contributed by atoms with Crippen LogP contribution in [-0.2, 0) is 26.2 Å². The van der Waals surface area contributed by atoms with E-state index in [9.17, 15) is 32.5 Å². The van der Waals surface area contributed by atoms with Crippen LogP contribution in [0.3, 0.4) is 0 Å². The van der Waals surface area contributed by atoms with Gasteiger partial charge in [-0.3, -0.25) is 24.0 Å². The van der Waals surface area contributed by atoms with Gasteiger partial charge in [0, 0.05) is 24.7 Å². The Labute approximate surface area is 215 Å². The lowest BCUT2D eigenvalue weighted by molar-refractivity contribution is -0.384. The number of carbonyl (C=O) groups excluding carboxylic acids is 2. The first kappa shape index (κ1) is 28.0. The first-order valence-electron chi connectivity index (χ1n) is 12.1. The van der Waals surface area contributed by atoms with E-state index >= 15 is 0 Å². The number of hydrogen-bond donors (Lipinski definition) is 1. The summed E-state index contributed by atoms with van der Waals surface area (Å²) >= 11 is 0. The molecule has 1 saturated carbocycles. The molecule has 1 unspecified atom stereocenters. The first-order chi connectivity index (χ1) is 17.5. The van der Waals surface area contributed by atoms with E-state index in [1.165, 1.54) is 47.4 Å². The predicted molar refractivity (Wildman–Crippen MR) is 137 cm³/mol. The molecule has 0 aliphatic heterocycles. The number of rotatable bonds is 11. The molecule has 0 radical (unpaired) electrons. The summed E-state index contributed by atoms with van der Waals surface area (Å²) in [7, 11) is -4.03. The fourth-order valence-electron chi connectivity index (χ4n) is 4.45. The molecule has 1 fully saturated rings. The van der Waals surface area contributed by atoms with Gasteiger partial charge in [-0.05, 0) is 43.0 Å². The number of anilines is 1. The van der Waals surface area contributed by atoms with Crippen molar-refractivity contribution in [1.82, 2.24) is 10.2 Å². The van der Waals surface area contributed by atoms with Crippen molar-refractivity contribution in [1.29, 1.82) is 0 Å². The second-order valence-corrected chi connectivity index (χ2v) is 11.0. The average molecular weight is 535 g/mol. The van der Waals surface area contributed by atoms with Crippen molar-refractivity contribution >= 4 is 33.2 Å². The van der Waals surface area contributed by atoms with Gasteiger partial charge in [-0.25, -0.2) is 12.8 Å². The van der Waals surface area contributed by atoms with Crippen LogP contribution in [-0.4, -0.2) is 54.9 Å². The van der Waals surface area contributed by atoms with Gasteiger partial charge in [0.05, 0.1) is 16.9 Å². The largest absolute Gasteiger partial charge is 0.352 e. The fraction of sp³-hybridized carbons (Fsp3) is 0.440. The monoisotopic (exact) mass is 534 g/mol. The Morgan fingerprint density at radius 3 is 2.38 bits per heavy atom. The summed E-state index contributed by atoms with van der Waals surface area (Å²) in [5.41, 5.74) is 0.183. The fourth-order valence-corrected chi connectivity index (χ4v) is 5.29. The van der Waals surface area contributed by atoms with Gasteiger partial charge in [0.25, 0.3) is 5.69 Å². The van der Waals surface area contributed by atoms with Crippen LogP contribution in [0.25, 0.3) is 0 Å². The second-order valence-electron chi connectivity index (χ2n) is 9.11. The van der Waals surface area contributed by atoms with E-state index in [1.807, 2.05) is 0 Å². The minimum absolute atomic E-state index is 0.0155. The SMILES string of the molecule is CCC(C(=O)NC1CCCC1)N(Cc1ccc(F)cc1)C(=O)CN(c1cccc([N+](=O)[O-])c1)S(C)(=O)=O. The highest BCUT2D eigenvalue weighted by Gasteiger charge is 2.33. The molecule has 1 aliphatic rings. The van der Waals surface area contributed by atoms with Crippen LogP contribution in [0, 0.1) is 15.9 Å².